The lowest BCUT2D eigenvalue weighted by Gasteiger charge is -2.28. The minimum absolute atomic E-state index is 0.0144. The molecule has 180 valence electrons. The molecule has 0 aliphatic carbocycles. The molecule has 0 N–H and O–H groups in total. The summed E-state index contributed by atoms with van der Waals surface area (Å²) in [4.78, 5) is 12.7. The molecule has 0 unspecified atom stereocenters. The largest absolute Gasteiger partial charge is 0.480 e. The van der Waals surface area contributed by atoms with Crippen LogP contribution in [0.15, 0.2) is 65.6 Å². The third-order valence-electron chi connectivity index (χ3n) is 5.41. The first-order chi connectivity index (χ1) is 15.9. The summed E-state index contributed by atoms with van der Waals surface area (Å²) in [5.74, 6) is -0.648. The van der Waals surface area contributed by atoms with Crippen LogP contribution in [0.3, 0.4) is 0 Å². The number of ether oxygens (including phenoxy) is 1. The predicted molar refractivity (Wildman–Crippen MR) is 133 cm³/mol. The van der Waals surface area contributed by atoms with Gasteiger partial charge in [-0.3, -0.25) is 4.79 Å². The van der Waals surface area contributed by atoms with E-state index in [2.05, 4.69) is 0 Å². The van der Waals surface area contributed by atoms with Gasteiger partial charge in [-0.25, -0.2) is 12.8 Å². The van der Waals surface area contributed by atoms with Crippen LogP contribution in [0.5, 0.6) is 5.75 Å². The van der Waals surface area contributed by atoms with Crippen LogP contribution in [0.4, 0.5) is 4.39 Å². The van der Waals surface area contributed by atoms with Crippen molar-refractivity contribution in [2.45, 2.75) is 44.1 Å². The van der Waals surface area contributed by atoms with E-state index in [0.29, 0.717) is 26.7 Å². The molecular formula is C26H25Cl2FO4S. The fourth-order valence-electron chi connectivity index (χ4n) is 3.54. The number of hydrogen-bond donors (Lipinski definition) is 0. The van der Waals surface area contributed by atoms with Gasteiger partial charge in [0.05, 0.1) is 10.6 Å². The van der Waals surface area contributed by atoms with Crippen molar-refractivity contribution in [2.24, 2.45) is 0 Å². The van der Waals surface area contributed by atoms with Crippen molar-refractivity contribution in [1.29, 1.82) is 0 Å². The molecule has 3 aromatic carbocycles. The molecule has 0 fully saturated rings. The second-order valence-electron chi connectivity index (χ2n) is 8.44. The van der Waals surface area contributed by atoms with E-state index in [1.165, 1.54) is 24.3 Å². The van der Waals surface area contributed by atoms with E-state index in [9.17, 15) is 17.6 Å². The quantitative estimate of drug-likeness (QED) is 0.317. The molecule has 0 aromatic heterocycles. The number of hydrogen-bond acceptors (Lipinski definition) is 4. The number of sulfone groups is 1. The summed E-state index contributed by atoms with van der Waals surface area (Å²) in [6, 6.07) is 15.7. The van der Waals surface area contributed by atoms with Gasteiger partial charge in [0.25, 0.3) is 0 Å². The van der Waals surface area contributed by atoms with Crippen molar-refractivity contribution < 1.29 is 22.3 Å². The Morgan fingerprint density at radius 3 is 2.15 bits per heavy atom. The molecule has 0 spiro atoms. The maximum Gasteiger partial charge on any atom is 0.178 e. The zero-order valence-electron chi connectivity index (χ0n) is 19.1. The van der Waals surface area contributed by atoms with E-state index < -0.39 is 21.3 Å². The van der Waals surface area contributed by atoms with Crippen LogP contribution in [-0.2, 0) is 33.1 Å². The Balaban J connectivity index is 1.67. The Morgan fingerprint density at radius 1 is 0.941 bits per heavy atom. The van der Waals surface area contributed by atoms with Crippen LogP contribution in [0, 0.1) is 5.82 Å². The lowest BCUT2D eigenvalue weighted by molar-refractivity contribution is -0.117. The number of ketones is 1. The molecule has 0 saturated heterocycles. The topological polar surface area (TPSA) is 60.4 Å². The van der Waals surface area contributed by atoms with Gasteiger partial charge in [0.15, 0.2) is 21.4 Å². The van der Waals surface area contributed by atoms with Gasteiger partial charge in [-0.15, -0.1) is 0 Å². The molecule has 3 aromatic rings. The van der Waals surface area contributed by atoms with Gasteiger partial charge >= 0.3 is 0 Å². The smallest absolute Gasteiger partial charge is 0.178 e. The molecular weight excluding hydrogens is 498 g/mol. The average molecular weight is 523 g/mol. The number of Topliss-reactive ketones (excluding diaryl/α,β-unsaturated/α-hetero) is 1. The van der Waals surface area contributed by atoms with Crippen LogP contribution in [0.1, 0.15) is 37.5 Å². The van der Waals surface area contributed by atoms with Crippen LogP contribution in [0.25, 0.3) is 0 Å². The number of rotatable bonds is 9. The Kier molecular flexibility index (Phi) is 8.06. The monoisotopic (exact) mass is 522 g/mol. The van der Waals surface area contributed by atoms with Gasteiger partial charge in [-0.05, 0) is 61.4 Å². The fourth-order valence-corrected chi connectivity index (χ4v) is 5.06. The van der Waals surface area contributed by atoms with Crippen molar-refractivity contribution >= 4 is 38.8 Å². The SMILES string of the molecule is CCS(=O)(=O)c1ccc(CC(=O)Cc2ccc(OC(C)(C)c3ccc(Cl)cc3Cl)c(F)c2)cc1. The summed E-state index contributed by atoms with van der Waals surface area (Å²) < 4.78 is 44.5. The fraction of sp³-hybridized carbons (Fsp3) is 0.269. The zero-order valence-corrected chi connectivity index (χ0v) is 21.4. The Bertz CT molecular complexity index is 1300. The molecule has 0 aliphatic rings. The molecule has 0 amide bonds. The zero-order chi connectivity index (χ0) is 25.1. The Labute approximate surface area is 209 Å². The van der Waals surface area contributed by atoms with Gasteiger partial charge < -0.3 is 4.74 Å². The molecule has 34 heavy (non-hydrogen) atoms. The van der Waals surface area contributed by atoms with Crippen molar-refractivity contribution in [3.05, 3.63) is 93.2 Å². The van der Waals surface area contributed by atoms with Crippen LogP contribution < -0.4 is 4.74 Å². The maximum atomic E-state index is 14.8. The molecule has 3 rings (SSSR count). The molecule has 4 nitrogen and oxygen atoms in total. The first-order valence-corrected chi connectivity index (χ1v) is 13.1. The van der Waals surface area contributed by atoms with Gasteiger partial charge in [-0.2, -0.15) is 0 Å². The summed E-state index contributed by atoms with van der Waals surface area (Å²) in [6.07, 6.45) is 0.160. The standard InChI is InChI=1S/C26H25Cl2FO4S/c1-4-34(31,32)21-9-5-17(6-10-21)13-20(30)14-18-7-12-25(24(29)15-18)33-26(2,3)22-11-8-19(27)16-23(22)28/h5-12,15-16H,4,13-14H2,1-3H3. The lowest BCUT2D eigenvalue weighted by Crippen LogP contribution is -2.26. The van der Waals surface area contributed by atoms with Gasteiger partial charge in [-0.1, -0.05) is 54.4 Å². The number of benzene rings is 3. The second-order valence-corrected chi connectivity index (χ2v) is 11.6. The molecule has 0 bridgehead atoms. The van der Waals surface area contributed by atoms with Crippen molar-refractivity contribution in [1.82, 2.24) is 0 Å². The number of halogens is 3. The van der Waals surface area contributed by atoms with E-state index in [1.807, 2.05) is 0 Å². The lowest BCUT2D eigenvalue weighted by atomic mass is 9.97. The molecule has 0 atom stereocenters. The third kappa shape index (κ3) is 6.38. The second kappa shape index (κ2) is 10.5. The number of carbonyl (C=O) groups is 1. The van der Waals surface area contributed by atoms with Crippen molar-refractivity contribution in [2.75, 3.05) is 5.75 Å². The predicted octanol–water partition coefficient (Wildman–Crippen LogP) is 6.59. The Morgan fingerprint density at radius 2 is 1.56 bits per heavy atom. The molecule has 8 heteroatoms. The van der Waals surface area contributed by atoms with E-state index in [4.69, 9.17) is 27.9 Å². The highest BCUT2D eigenvalue weighted by Gasteiger charge is 2.27. The highest BCUT2D eigenvalue weighted by atomic mass is 35.5. The first-order valence-electron chi connectivity index (χ1n) is 10.7. The summed E-state index contributed by atoms with van der Waals surface area (Å²) >= 11 is 12.2. The minimum atomic E-state index is -3.29. The van der Waals surface area contributed by atoms with Gasteiger partial charge in [0.2, 0.25) is 0 Å². The normalized spacial score (nSPS) is 11.9. The summed E-state index contributed by atoms with van der Waals surface area (Å²) in [6.45, 7) is 5.13. The minimum Gasteiger partial charge on any atom is -0.480 e. The molecule has 0 heterocycles. The van der Waals surface area contributed by atoms with E-state index in [1.54, 1.807) is 57.2 Å². The summed E-state index contributed by atoms with van der Waals surface area (Å²) in [5.41, 5.74) is 0.955. The molecule has 0 radical (unpaired) electrons. The van der Waals surface area contributed by atoms with Gasteiger partial charge in [0, 0.05) is 28.5 Å². The van der Waals surface area contributed by atoms with Crippen LogP contribution >= 0.6 is 23.2 Å². The highest BCUT2D eigenvalue weighted by Crippen LogP contribution is 2.35. The third-order valence-corrected chi connectivity index (χ3v) is 7.70. The maximum absolute atomic E-state index is 14.8. The molecule has 0 aliphatic heterocycles. The van der Waals surface area contributed by atoms with Crippen molar-refractivity contribution in [3.63, 3.8) is 0 Å². The Hall–Kier alpha value is -2.41. The van der Waals surface area contributed by atoms with E-state index in [-0.39, 0.29) is 35.0 Å². The highest BCUT2D eigenvalue weighted by molar-refractivity contribution is 7.91. The summed E-state index contributed by atoms with van der Waals surface area (Å²) in [7, 11) is -3.29. The van der Waals surface area contributed by atoms with Crippen molar-refractivity contribution in [3.8, 4) is 5.75 Å². The first kappa shape index (κ1) is 26.2. The average Bonchev–Trinajstić information content (AvgIpc) is 2.75. The van der Waals surface area contributed by atoms with E-state index >= 15 is 0 Å². The van der Waals surface area contributed by atoms with Crippen LogP contribution in [-0.4, -0.2) is 20.0 Å². The molecule has 0 saturated carbocycles. The number of carbonyl (C=O) groups excluding carboxylic acids is 1. The van der Waals surface area contributed by atoms with Crippen LogP contribution in [0.2, 0.25) is 10.0 Å². The van der Waals surface area contributed by atoms with E-state index in [0.717, 1.165) is 0 Å². The summed E-state index contributed by atoms with van der Waals surface area (Å²) in [5, 5.41) is 0.909. The van der Waals surface area contributed by atoms with Gasteiger partial charge in [0.1, 0.15) is 11.4 Å².